The molecule has 0 aromatic carbocycles. The second kappa shape index (κ2) is 5.68. The van der Waals surface area contributed by atoms with Crippen molar-refractivity contribution >= 4 is 23.4 Å². The van der Waals surface area contributed by atoms with Gasteiger partial charge in [0.2, 0.25) is 11.0 Å². The maximum Gasteiger partial charge on any atom is 0.267 e. The van der Waals surface area contributed by atoms with E-state index < -0.39 is 0 Å². The predicted octanol–water partition coefficient (Wildman–Crippen LogP) is 1.59. The molecule has 0 atom stereocenters. The summed E-state index contributed by atoms with van der Waals surface area (Å²) in [5.41, 5.74) is 2.33. The minimum atomic E-state index is -0.130. The summed E-state index contributed by atoms with van der Waals surface area (Å²) in [5, 5.41) is 16.3. The van der Waals surface area contributed by atoms with Crippen molar-refractivity contribution in [2.75, 3.05) is 12.8 Å². The van der Waals surface area contributed by atoms with Crippen LogP contribution >= 0.6 is 11.8 Å². The lowest BCUT2D eigenvalue weighted by atomic mass is 10.2. The molecule has 0 bridgehead atoms. The molecule has 4 heterocycles. The van der Waals surface area contributed by atoms with Gasteiger partial charge in [0.1, 0.15) is 5.69 Å². The van der Waals surface area contributed by atoms with Crippen LogP contribution < -0.4 is 5.32 Å². The van der Waals surface area contributed by atoms with Crippen LogP contribution in [0.3, 0.4) is 0 Å². The van der Waals surface area contributed by atoms with Crippen molar-refractivity contribution in [1.29, 1.82) is 0 Å². The van der Waals surface area contributed by atoms with E-state index in [1.54, 1.807) is 40.4 Å². The van der Waals surface area contributed by atoms with Gasteiger partial charge in [0.05, 0.1) is 12.0 Å². The minimum absolute atomic E-state index is 0.130. The third-order valence-corrected chi connectivity index (χ3v) is 4.64. The average Bonchev–Trinajstić information content (AvgIpc) is 3.32. The van der Waals surface area contributed by atoms with Gasteiger partial charge in [-0.25, -0.2) is 0 Å². The van der Waals surface area contributed by atoms with E-state index >= 15 is 0 Å². The summed E-state index contributed by atoms with van der Waals surface area (Å²) in [4.78, 5) is 11.9. The molecule has 0 fully saturated rings. The van der Waals surface area contributed by atoms with Gasteiger partial charge in [0.15, 0.2) is 5.76 Å². The predicted molar refractivity (Wildman–Crippen MR) is 89.2 cm³/mol. The number of thioether (sulfide) groups is 1. The van der Waals surface area contributed by atoms with Crippen molar-refractivity contribution in [3.05, 3.63) is 41.9 Å². The zero-order valence-corrected chi connectivity index (χ0v) is 13.9. The van der Waals surface area contributed by atoms with Crippen LogP contribution in [0.4, 0.5) is 0 Å². The van der Waals surface area contributed by atoms with Gasteiger partial charge in [-0.15, -0.1) is 10.2 Å². The number of fused-ring (bicyclic) bond motifs is 1. The van der Waals surface area contributed by atoms with Crippen LogP contribution in [0, 0.1) is 0 Å². The molecule has 24 heavy (non-hydrogen) atoms. The standard InChI is InChI=1S/C15H14N6O2S/c1-16-14(22)11-6-9(7-20(11)2)10-8-24-15-18-17-13(21(15)19-10)12-4-3-5-23-12/h3-7H,8H2,1-2H3,(H,16,22). The van der Waals surface area contributed by atoms with Crippen LogP contribution in [-0.4, -0.2) is 43.9 Å². The summed E-state index contributed by atoms with van der Waals surface area (Å²) in [6.07, 6.45) is 3.48. The van der Waals surface area contributed by atoms with Crippen LogP contribution in [-0.2, 0) is 7.05 Å². The fraction of sp³-hybridized carbons (Fsp3) is 0.200. The van der Waals surface area contributed by atoms with E-state index in [9.17, 15) is 4.79 Å². The van der Waals surface area contributed by atoms with E-state index in [0.29, 0.717) is 28.2 Å². The topological polar surface area (TPSA) is 90.2 Å². The van der Waals surface area contributed by atoms with E-state index in [1.807, 2.05) is 25.4 Å². The Labute approximate surface area is 141 Å². The first kappa shape index (κ1) is 14.8. The fourth-order valence-corrected chi connectivity index (χ4v) is 3.34. The van der Waals surface area contributed by atoms with E-state index in [0.717, 1.165) is 11.3 Å². The summed E-state index contributed by atoms with van der Waals surface area (Å²) in [6, 6.07) is 5.45. The Kier molecular flexibility index (Phi) is 3.49. The van der Waals surface area contributed by atoms with Crippen molar-refractivity contribution in [3.8, 4) is 11.6 Å². The highest BCUT2D eigenvalue weighted by molar-refractivity contribution is 7.99. The Balaban J connectivity index is 1.76. The largest absolute Gasteiger partial charge is 0.461 e. The molecule has 8 nitrogen and oxygen atoms in total. The van der Waals surface area contributed by atoms with Crippen molar-refractivity contribution in [3.63, 3.8) is 0 Å². The van der Waals surface area contributed by atoms with Crippen molar-refractivity contribution in [1.82, 2.24) is 24.8 Å². The van der Waals surface area contributed by atoms with E-state index in [4.69, 9.17) is 4.42 Å². The van der Waals surface area contributed by atoms with Crippen LogP contribution in [0.5, 0.6) is 0 Å². The van der Waals surface area contributed by atoms with Gasteiger partial charge >= 0.3 is 0 Å². The zero-order valence-electron chi connectivity index (χ0n) is 13.1. The molecule has 1 aliphatic heterocycles. The van der Waals surface area contributed by atoms with Crippen LogP contribution in [0.2, 0.25) is 0 Å². The molecule has 1 amide bonds. The second-order valence-electron chi connectivity index (χ2n) is 5.23. The summed E-state index contributed by atoms with van der Waals surface area (Å²) < 4.78 is 8.86. The number of hydrogen-bond donors (Lipinski definition) is 1. The first-order chi connectivity index (χ1) is 11.7. The Morgan fingerprint density at radius 2 is 2.29 bits per heavy atom. The van der Waals surface area contributed by atoms with Gasteiger partial charge in [-0.1, -0.05) is 11.8 Å². The highest BCUT2D eigenvalue weighted by atomic mass is 32.2. The zero-order chi connectivity index (χ0) is 16.7. The summed E-state index contributed by atoms with van der Waals surface area (Å²) >= 11 is 1.55. The van der Waals surface area contributed by atoms with Gasteiger partial charge < -0.3 is 14.3 Å². The molecule has 0 saturated carbocycles. The number of rotatable bonds is 3. The summed E-state index contributed by atoms with van der Waals surface area (Å²) in [7, 11) is 3.45. The lowest BCUT2D eigenvalue weighted by Gasteiger charge is -2.12. The van der Waals surface area contributed by atoms with Gasteiger partial charge in [-0.3, -0.25) is 4.79 Å². The van der Waals surface area contributed by atoms with Crippen molar-refractivity contribution in [2.24, 2.45) is 12.1 Å². The van der Waals surface area contributed by atoms with E-state index in [-0.39, 0.29) is 5.91 Å². The average molecular weight is 342 g/mol. The smallest absolute Gasteiger partial charge is 0.267 e. The highest BCUT2D eigenvalue weighted by Crippen LogP contribution is 2.28. The molecule has 122 valence electrons. The number of nitrogens with zero attached hydrogens (tertiary/aromatic N) is 5. The molecule has 1 aliphatic rings. The Hall–Kier alpha value is -2.81. The quantitative estimate of drug-likeness (QED) is 0.781. The van der Waals surface area contributed by atoms with Crippen molar-refractivity contribution < 1.29 is 9.21 Å². The molecule has 0 saturated heterocycles. The number of amides is 1. The monoisotopic (exact) mass is 342 g/mol. The number of carbonyl (C=O) groups excluding carboxylic acids is 1. The SMILES string of the molecule is CNC(=O)c1cc(C2=Nn3c(nnc3-c3ccco3)SC2)cn1C. The molecular formula is C15H14N6O2S. The molecule has 9 heteroatoms. The first-order valence-corrected chi connectivity index (χ1v) is 8.24. The van der Waals surface area contributed by atoms with E-state index in [1.165, 1.54) is 0 Å². The number of furan rings is 1. The lowest BCUT2D eigenvalue weighted by Crippen LogP contribution is -2.20. The summed E-state index contributed by atoms with van der Waals surface area (Å²) in [5.74, 6) is 1.70. The van der Waals surface area contributed by atoms with Crippen molar-refractivity contribution in [2.45, 2.75) is 5.16 Å². The molecule has 1 N–H and O–H groups in total. The molecule has 0 spiro atoms. The summed E-state index contributed by atoms with van der Waals surface area (Å²) in [6.45, 7) is 0. The maximum atomic E-state index is 11.9. The number of carbonyl (C=O) groups is 1. The highest BCUT2D eigenvalue weighted by Gasteiger charge is 2.23. The van der Waals surface area contributed by atoms with Gasteiger partial charge in [0.25, 0.3) is 5.91 Å². The third-order valence-electron chi connectivity index (χ3n) is 3.71. The Bertz CT molecular complexity index is 937. The maximum absolute atomic E-state index is 11.9. The molecule has 3 aromatic rings. The van der Waals surface area contributed by atoms with Gasteiger partial charge in [-0.2, -0.15) is 9.78 Å². The number of aryl methyl sites for hydroxylation is 1. The number of nitrogens with one attached hydrogen (secondary N) is 1. The fourth-order valence-electron chi connectivity index (χ4n) is 2.50. The Morgan fingerprint density at radius 1 is 1.42 bits per heavy atom. The molecular weight excluding hydrogens is 328 g/mol. The first-order valence-electron chi connectivity index (χ1n) is 7.26. The number of hydrogen-bond acceptors (Lipinski definition) is 6. The van der Waals surface area contributed by atoms with Crippen LogP contribution in [0.1, 0.15) is 16.1 Å². The Morgan fingerprint density at radius 3 is 3.04 bits per heavy atom. The van der Waals surface area contributed by atoms with Gasteiger partial charge in [-0.05, 0) is 18.2 Å². The molecule has 3 aromatic heterocycles. The number of aromatic nitrogens is 4. The molecule has 4 rings (SSSR count). The van der Waals surface area contributed by atoms with E-state index in [2.05, 4.69) is 20.6 Å². The van der Waals surface area contributed by atoms with Crippen LogP contribution in [0.25, 0.3) is 11.6 Å². The molecule has 0 aliphatic carbocycles. The second-order valence-corrected chi connectivity index (χ2v) is 6.18. The lowest BCUT2D eigenvalue weighted by molar-refractivity contribution is 0.0955. The minimum Gasteiger partial charge on any atom is -0.461 e. The van der Waals surface area contributed by atoms with Crippen LogP contribution in [0.15, 0.2) is 45.3 Å². The molecule has 0 unspecified atom stereocenters. The van der Waals surface area contributed by atoms with Gasteiger partial charge in [0, 0.05) is 31.6 Å². The molecule has 0 radical (unpaired) electrons. The third kappa shape index (κ3) is 2.33. The normalized spacial score (nSPS) is 13.5.